The van der Waals surface area contributed by atoms with E-state index in [0.717, 1.165) is 12.8 Å². The van der Waals surface area contributed by atoms with Crippen LogP contribution in [0.15, 0.2) is 18.2 Å². The molecule has 98 valence electrons. The molecule has 0 fully saturated rings. The Morgan fingerprint density at radius 2 is 1.94 bits per heavy atom. The molecule has 0 aliphatic rings. The van der Waals surface area contributed by atoms with Crippen LogP contribution in [0.3, 0.4) is 0 Å². The molecule has 0 N–H and O–H groups in total. The smallest absolute Gasteiger partial charge is 0.341 e. The molecule has 0 unspecified atom stereocenters. The number of rotatable bonds is 6. The van der Waals surface area contributed by atoms with Crippen LogP contribution in [0.1, 0.15) is 40.5 Å². The lowest BCUT2D eigenvalue weighted by molar-refractivity contribution is 0.0596. The lowest BCUT2D eigenvalue weighted by Gasteiger charge is -2.12. The van der Waals surface area contributed by atoms with Crippen molar-refractivity contribution in [2.24, 2.45) is 0 Å². The Balaban J connectivity index is 3.12. The maximum absolute atomic E-state index is 11.6. The summed E-state index contributed by atoms with van der Waals surface area (Å²) in [6.07, 6.45) is 1.77. The second-order valence-corrected chi connectivity index (χ2v) is 3.99. The summed E-state index contributed by atoms with van der Waals surface area (Å²) < 4.78 is 10.1. The lowest BCUT2D eigenvalue weighted by Crippen LogP contribution is -2.10. The van der Waals surface area contributed by atoms with Crippen LogP contribution in [0, 0.1) is 0 Å². The molecule has 0 aliphatic carbocycles. The minimum atomic E-state index is -0.660. The molecule has 18 heavy (non-hydrogen) atoms. The van der Waals surface area contributed by atoms with E-state index in [2.05, 4.69) is 4.74 Å². The van der Waals surface area contributed by atoms with E-state index in [0.29, 0.717) is 6.61 Å². The lowest BCUT2D eigenvalue weighted by atomic mass is 10.1. The van der Waals surface area contributed by atoms with Gasteiger partial charge in [0, 0.05) is 0 Å². The van der Waals surface area contributed by atoms with Gasteiger partial charge in [-0.1, -0.05) is 19.4 Å². The van der Waals surface area contributed by atoms with E-state index < -0.39 is 11.2 Å². The number of para-hydroxylation sites is 1. The molecule has 0 radical (unpaired) electrons. The molecule has 0 saturated carbocycles. The number of methoxy groups -OCH3 is 1. The first kappa shape index (κ1) is 14.5. The molecular formula is C13H15ClO4. The highest BCUT2D eigenvalue weighted by Crippen LogP contribution is 2.26. The third kappa shape index (κ3) is 3.47. The number of unbranched alkanes of at least 4 members (excludes halogenated alkanes) is 1. The summed E-state index contributed by atoms with van der Waals surface area (Å²) in [5.41, 5.74) is 0.385. The van der Waals surface area contributed by atoms with Crippen molar-refractivity contribution in [3.8, 4) is 5.75 Å². The van der Waals surface area contributed by atoms with Crippen molar-refractivity contribution in [1.29, 1.82) is 0 Å². The maximum atomic E-state index is 11.6. The van der Waals surface area contributed by atoms with Gasteiger partial charge in [0.05, 0.1) is 19.3 Å². The van der Waals surface area contributed by atoms with Crippen LogP contribution in [-0.4, -0.2) is 24.9 Å². The molecule has 1 aromatic rings. The van der Waals surface area contributed by atoms with Gasteiger partial charge in [-0.3, -0.25) is 4.79 Å². The van der Waals surface area contributed by atoms with Crippen LogP contribution < -0.4 is 4.74 Å². The van der Waals surface area contributed by atoms with E-state index in [9.17, 15) is 9.59 Å². The monoisotopic (exact) mass is 270 g/mol. The van der Waals surface area contributed by atoms with Gasteiger partial charge in [0.25, 0.3) is 5.24 Å². The van der Waals surface area contributed by atoms with Gasteiger partial charge in [-0.25, -0.2) is 4.79 Å². The fourth-order valence-electron chi connectivity index (χ4n) is 1.44. The molecule has 0 saturated heterocycles. The average molecular weight is 271 g/mol. The predicted octanol–water partition coefficient (Wildman–Crippen LogP) is 3.03. The second kappa shape index (κ2) is 7.01. The number of benzene rings is 1. The zero-order chi connectivity index (χ0) is 13.5. The topological polar surface area (TPSA) is 52.6 Å². The third-order valence-corrected chi connectivity index (χ3v) is 2.58. The fraction of sp³-hybridized carbons (Fsp3) is 0.385. The first-order valence-electron chi connectivity index (χ1n) is 5.65. The summed E-state index contributed by atoms with van der Waals surface area (Å²) in [5, 5.41) is -0.660. The van der Waals surface area contributed by atoms with Gasteiger partial charge in [0.2, 0.25) is 0 Å². The normalized spacial score (nSPS) is 9.94. The van der Waals surface area contributed by atoms with Crippen LogP contribution in [0.25, 0.3) is 0 Å². The van der Waals surface area contributed by atoms with Gasteiger partial charge < -0.3 is 9.47 Å². The largest absolute Gasteiger partial charge is 0.492 e. The number of esters is 1. The maximum Gasteiger partial charge on any atom is 0.341 e. The van der Waals surface area contributed by atoms with E-state index in [-0.39, 0.29) is 16.9 Å². The molecule has 0 aliphatic heterocycles. The van der Waals surface area contributed by atoms with Crippen molar-refractivity contribution < 1.29 is 19.1 Å². The van der Waals surface area contributed by atoms with E-state index >= 15 is 0 Å². The highest BCUT2D eigenvalue weighted by Gasteiger charge is 2.19. The Morgan fingerprint density at radius 3 is 2.50 bits per heavy atom. The second-order valence-electron chi connectivity index (χ2n) is 3.65. The Labute approximate surface area is 111 Å². The van der Waals surface area contributed by atoms with Crippen molar-refractivity contribution >= 4 is 22.8 Å². The molecule has 5 heteroatoms. The summed E-state index contributed by atoms with van der Waals surface area (Å²) in [6.45, 7) is 2.44. The number of halogens is 1. The highest BCUT2D eigenvalue weighted by atomic mass is 35.5. The molecule has 1 rings (SSSR count). The van der Waals surface area contributed by atoms with Gasteiger partial charge in [-0.2, -0.15) is 0 Å². The minimum absolute atomic E-state index is 0.177. The molecule has 0 amide bonds. The van der Waals surface area contributed by atoms with Crippen molar-refractivity contribution in [2.75, 3.05) is 13.7 Å². The first-order chi connectivity index (χ1) is 8.61. The number of carbonyl (C=O) groups excluding carboxylic acids is 2. The first-order valence-corrected chi connectivity index (χ1v) is 6.03. The van der Waals surface area contributed by atoms with E-state index in [1.807, 2.05) is 6.92 Å². The fourth-order valence-corrected chi connectivity index (χ4v) is 1.59. The highest BCUT2D eigenvalue weighted by molar-refractivity contribution is 6.68. The van der Waals surface area contributed by atoms with Crippen molar-refractivity contribution in [3.63, 3.8) is 0 Å². The molecule has 0 atom stereocenters. The van der Waals surface area contributed by atoms with Crippen molar-refractivity contribution in [3.05, 3.63) is 29.3 Å². The summed E-state index contributed by atoms with van der Waals surface area (Å²) >= 11 is 5.47. The zero-order valence-electron chi connectivity index (χ0n) is 10.4. The average Bonchev–Trinajstić information content (AvgIpc) is 2.38. The van der Waals surface area contributed by atoms with Gasteiger partial charge in [0.1, 0.15) is 11.3 Å². The predicted molar refractivity (Wildman–Crippen MR) is 68.4 cm³/mol. The standard InChI is InChI=1S/C13H15ClO4/c1-3-4-8-18-11-9(12(14)15)6-5-7-10(11)13(16)17-2/h5-7H,3-4,8H2,1-2H3. The Morgan fingerprint density at radius 1 is 1.28 bits per heavy atom. The van der Waals surface area contributed by atoms with Crippen molar-refractivity contribution in [2.45, 2.75) is 19.8 Å². The summed E-state index contributed by atoms with van der Waals surface area (Å²) in [7, 11) is 1.27. The number of hydrogen-bond acceptors (Lipinski definition) is 4. The van der Waals surface area contributed by atoms with E-state index in [1.165, 1.54) is 19.2 Å². The molecule has 0 spiro atoms. The Bertz CT molecular complexity index is 443. The molecule has 0 bridgehead atoms. The summed E-state index contributed by atoms with van der Waals surface area (Å²) in [6, 6.07) is 4.62. The summed E-state index contributed by atoms with van der Waals surface area (Å²) in [5.74, 6) is -0.362. The zero-order valence-corrected chi connectivity index (χ0v) is 11.1. The van der Waals surface area contributed by atoms with E-state index in [4.69, 9.17) is 16.3 Å². The van der Waals surface area contributed by atoms with E-state index in [1.54, 1.807) is 6.07 Å². The molecule has 1 aromatic carbocycles. The molecular weight excluding hydrogens is 256 g/mol. The van der Waals surface area contributed by atoms with Gasteiger partial charge >= 0.3 is 5.97 Å². The quantitative estimate of drug-likeness (QED) is 0.453. The number of carbonyl (C=O) groups is 2. The number of ether oxygens (including phenoxy) is 2. The molecule has 0 heterocycles. The Kier molecular flexibility index (Phi) is 5.65. The summed E-state index contributed by atoms with van der Waals surface area (Å²) in [4.78, 5) is 22.9. The van der Waals surface area contributed by atoms with Crippen LogP contribution in [0.2, 0.25) is 0 Å². The van der Waals surface area contributed by atoms with Crippen LogP contribution in [0.5, 0.6) is 5.75 Å². The molecule has 0 aromatic heterocycles. The van der Waals surface area contributed by atoms with Gasteiger partial charge in [-0.15, -0.1) is 0 Å². The van der Waals surface area contributed by atoms with Crippen LogP contribution in [0.4, 0.5) is 0 Å². The van der Waals surface area contributed by atoms with Crippen LogP contribution in [-0.2, 0) is 4.74 Å². The van der Waals surface area contributed by atoms with Crippen molar-refractivity contribution in [1.82, 2.24) is 0 Å². The third-order valence-electron chi connectivity index (χ3n) is 2.38. The van der Waals surface area contributed by atoms with Gasteiger partial charge in [-0.05, 0) is 30.2 Å². The Hall–Kier alpha value is -1.55. The minimum Gasteiger partial charge on any atom is -0.492 e. The van der Waals surface area contributed by atoms with Gasteiger partial charge in [0.15, 0.2) is 0 Å². The SMILES string of the molecule is CCCCOc1c(C(=O)Cl)cccc1C(=O)OC. The molecule has 4 nitrogen and oxygen atoms in total. The number of hydrogen-bond donors (Lipinski definition) is 0. The van der Waals surface area contributed by atoms with Crippen LogP contribution >= 0.6 is 11.6 Å².